The van der Waals surface area contributed by atoms with Crippen molar-refractivity contribution in [3.8, 4) is 17.6 Å². The highest BCUT2D eigenvalue weighted by molar-refractivity contribution is 7.90. The number of hydrogen-bond donors (Lipinski definition) is 3. The average molecular weight is 970 g/mol. The Morgan fingerprint density at radius 1 is 0.986 bits per heavy atom. The quantitative estimate of drug-likeness (QED) is 0.179. The number of benzene rings is 3. The van der Waals surface area contributed by atoms with Crippen molar-refractivity contribution < 1.29 is 46.2 Å². The maximum absolute atomic E-state index is 15.7. The number of nitriles is 1. The lowest BCUT2D eigenvalue weighted by molar-refractivity contribution is -0.142. The molecule has 0 bridgehead atoms. The number of anilines is 3. The maximum atomic E-state index is 15.7. The number of carbonyl (C=O) groups excluding carboxylic acids is 3. The molecular weight excluding hydrogens is 921 g/mol. The normalized spacial score (nSPS) is 20.7. The lowest BCUT2D eigenvalue weighted by atomic mass is 9.85. The van der Waals surface area contributed by atoms with Crippen LogP contribution in [0.25, 0.3) is 21.8 Å². The number of rotatable bonds is 10. The minimum Gasteiger partial charge on any atom is -0.453 e. The van der Waals surface area contributed by atoms with Crippen molar-refractivity contribution in [1.82, 2.24) is 33.9 Å². The molecule has 362 valence electrons. The first-order valence-corrected chi connectivity index (χ1v) is 24.3. The SMILES string of the molecule is Cn1nc(N2CCC(=O)NC2=O)c2cc(F)c(N3CCC(O)(CC(=O)N4CCC5(CC4)C[C@@H](n4cnc6ccc(Oc7c(F)ccc(NS(=O)(=O)N8CCCC8)c7C#N)cc6c4=O)CO5)CC3)cc21. The van der Waals surface area contributed by atoms with Gasteiger partial charge < -0.3 is 24.4 Å². The summed E-state index contributed by atoms with van der Waals surface area (Å²) in [7, 11) is -2.31. The number of amides is 4. The zero-order chi connectivity index (χ0) is 48.4. The molecule has 3 aromatic carbocycles. The first-order chi connectivity index (χ1) is 33.0. The Morgan fingerprint density at radius 3 is 2.46 bits per heavy atom. The van der Waals surface area contributed by atoms with Crippen LogP contribution < -0.4 is 30.1 Å². The molecule has 7 heterocycles. The summed E-state index contributed by atoms with van der Waals surface area (Å²) >= 11 is 0. The zero-order valence-corrected chi connectivity index (χ0v) is 38.4. The highest BCUT2D eigenvalue weighted by atomic mass is 32.2. The van der Waals surface area contributed by atoms with Gasteiger partial charge >= 0.3 is 16.2 Å². The standard InChI is InChI=1S/C46H49F2N11O9S/c1-54-37-22-38(34(48)21-31(37)42(52-54)58-15-8-39(60)51-44(58)63)55-16-9-45(64,10-17-55)24-40(61)56-18-11-46(12-19-56)23-28(26-67-46)59-27-50-35-6-4-29(20-30(35)43(59)62)68-41-32(25-49)36(7-5-33(41)47)53-69(65,66)57-13-2-3-14-57/h4-7,20-22,27-28,53,64H,2-3,8-19,23-24,26H2,1H3,(H,51,60,63)/t28-/m1/s1. The molecule has 1 spiro atoms. The Kier molecular flexibility index (Phi) is 11.8. The fourth-order valence-electron chi connectivity index (χ4n) is 10.2. The number of imide groups is 1. The number of aliphatic hydroxyl groups is 1. The number of nitrogens with zero attached hydrogens (tertiary/aromatic N) is 9. The topological polar surface area (TPSA) is 238 Å². The Balaban J connectivity index is 0.756. The van der Waals surface area contributed by atoms with Crippen LogP contribution in [0.4, 0.5) is 30.8 Å². The van der Waals surface area contributed by atoms with Crippen LogP contribution in [0.1, 0.15) is 69.4 Å². The summed E-state index contributed by atoms with van der Waals surface area (Å²) in [5.41, 5.74) is -1.55. The van der Waals surface area contributed by atoms with E-state index < -0.39 is 50.4 Å². The van der Waals surface area contributed by atoms with Crippen LogP contribution in [-0.4, -0.2) is 124 Å². The first kappa shape index (κ1) is 46.0. The smallest absolute Gasteiger partial charge is 0.329 e. The molecule has 5 aromatic rings. The van der Waals surface area contributed by atoms with Gasteiger partial charge in [-0.15, -0.1) is 0 Å². The number of ether oxygens (including phenoxy) is 2. The van der Waals surface area contributed by atoms with E-state index in [1.54, 1.807) is 22.7 Å². The molecule has 69 heavy (non-hydrogen) atoms. The van der Waals surface area contributed by atoms with Crippen molar-refractivity contribution in [3.05, 3.63) is 76.3 Å². The summed E-state index contributed by atoms with van der Waals surface area (Å²) in [6.07, 6.45) is 4.82. The molecule has 0 unspecified atom stereocenters. The number of aryl methyl sites for hydroxylation is 1. The van der Waals surface area contributed by atoms with Gasteiger partial charge in [-0.05, 0) is 87.4 Å². The molecule has 3 N–H and O–H groups in total. The number of carbonyl (C=O) groups is 3. The van der Waals surface area contributed by atoms with Gasteiger partial charge in [0.05, 0.1) is 64.4 Å². The molecule has 2 aromatic heterocycles. The van der Waals surface area contributed by atoms with Crippen molar-refractivity contribution >= 4 is 67.1 Å². The van der Waals surface area contributed by atoms with Gasteiger partial charge in [-0.2, -0.15) is 23.1 Å². The fraction of sp³-hybridized carbons (Fsp3) is 0.457. The second kappa shape index (κ2) is 17.7. The predicted molar refractivity (Wildman–Crippen MR) is 246 cm³/mol. The van der Waals surface area contributed by atoms with E-state index in [9.17, 15) is 38.0 Å². The van der Waals surface area contributed by atoms with E-state index in [1.165, 1.54) is 44.4 Å². The van der Waals surface area contributed by atoms with Crippen molar-refractivity contribution in [2.45, 2.75) is 75.0 Å². The van der Waals surface area contributed by atoms with Gasteiger partial charge in [0.15, 0.2) is 17.4 Å². The lowest BCUT2D eigenvalue weighted by Gasteiger charge is -2.42. The minimum atomic E-state index is -4.00. The molecule has 0 radical (unpaired) electrons. The van der Waals surface area contributed by atoms with Gasteiger partial charge in [-0.1, -0.05) is 0 Å². The summed E-state index contributed by atoms with van der Waals surface area (Å²) in [5, 5.41) is 28.9. The Labute approximate surface area is 394 Å². The number of piperidine rings is 2. The summed E-state index contributed by atoms with van der Waals surface area (Å²) in [6.45, 7) is 2.35. The highest BCUT2D eigenvalue weighted by Gasteiger charge is 2.45. The number of likely N-dealkylation sites (tertiary alicyclic amines) is 1. The summed E-state index contributed by atoms with van der Waals surface area (Å²) in [6, 6.07) is 10.4. The molecule has 5 fully saturated rings. The number of urea groups is 1. The molecule has 23 heteroatoms. The maximum Gasteiger partial charge on any atom is 0.329 e. The second-order valence-corrected chi connectivity index (χ2v) is 20.2. The molecular formula is C46H49F2N11O9S. The molecule has 10 rings (SSSR count). The summed E-state index contributed by atoms with van der Waals surface area (Å²) in [4.78, 5) is 61.3. The molecule has 0 aliphatic carbocycles. The monoisotopic (exact) mass is 969 g/mol. The second-order valence-electron chi connectivity index (χ2n) is 18.5. The van der Waals surface area contributed by atoms with Gasteiger partial charge in [0.25, 0.3) is 5.56 Å². The van der Waals surface area contributed by atoms with E-state index in [4.69, 9.17) is 9.47 Å². The van der Waals surface area contributed by atoms with Crippen LogP contribution >= 0.6 is 0 Å². The Hall–Kier alpha value is -6.74. The largest absolute Gasteiger partial charge is 0.453 e. The number of halogens is 2. The zero-order valence-electron chi connectivity index (χ0n) is 37.6. The third kappa shape index (κ3) is 8.70. The van der Waals surface area contributed by atoms with Crippen molar-refractivity contribution in [2.24, 2.45) is 7.05 Å². The van der Waals surface area contributed by atoms with Gasteiger partial charge in [0.2, 0.25) is 11.8 Å². The van der Waals surface area contributed by atoms with E-state index in [1.807, 2.05) is 11.0 Å². The predicted octanol–water partition coefficient (Wildman–Crippen LogP) is 4.17. The summed E-state index contributed by atoms with van der Waals surface area (Å²) in [5.74, 6) is -2.24. The van der Waals surface area contributed by atoms with Gasteiger partial charge in [-0.25, -0.2) is 18.6 Å². The molecule has 5 saturated heterocycles. The first-order valence-electron chi connectivity index (χ1n) is 22.9. The number of nitrogens with one attached hydrogen (secondary N) is 2. The van der Waals surface area contributed by atoms with Crippen molar-refractivity contribution in [1.29, 1.82) is 5.26 Å². The molecule has 4 amide bonds. The van der Waals surface area contributed by atoms with E-state index in [2.05, 4.69) is 20.1 Å². The number of hydrogen-bond acceptors (Lipinski definition) is 13. The highest BCUT2D eigenvalue weighted by Crippen LogP contribution is 2.42. The number of fused-ring (bicyclic) bond motifs is 2. The van der Waals surface area contributed by atoms with Crippen molar-refractivity contribution in [3.63, 3.8) is 0 Å². The van der Waals surface area contributed by atoms with Crippen LogP contribution in [0.2, 0.25) is 0 Å². The molecule has 5 aliphatic heterocycles. The molecule has 20 nitrogen and oxygen atoms in total. The van der Waals surface area contributed by atoms with E-state index in [-0.39, 0.29) is 84.9 Å². The fourth-order valence-corrected chi connectivity index (χ4v) is 11.6. The van der Waals surface area contributed by atoms with Crippen LogP contribution in [0.15, 0.2) is 53.6 Å². The van der Waals surface area contributed by atoms with E-state index in [0.29, 0.717) is 93.5 Å². The van der Waals surface area contributed by atoms with Crippen LogP contribution in [0, 0.1) is 23.0 Å². The third-order valence-electron chi connectivity index (χ3n) is 14.2. The van der Waals surface area contributed by atoms with E-state index >= 15 is 8.78 Å². The Bertz CT molecular complexity index is 3140. The van der Waals surface area contributed by atoms with Crippen LogP contribution in [0.5, 0.6) is 11.5 Å². The van der Waals surface area contributed by atoms with Crippen LogP contribution in [0.3, 0.4) is 0 Å². The lowest BCUT2D eigenvalue weighted by Crippen LogP contribution is -2.51. The minimum absolute atomic E-state index is 0.0270. The van der Waals surface area contributed by atoms with Gasteiger partial charge in [0.1, 0.15) is 23.2 Å². The molecule has 0 saturated carbocycles. The van der Waals surface area contributed by atoms with Gasteiger partial charge in [-0.3, -0.25) is 38.6 Å². The van der Waals surface area contributed by atoms with Crippen molar-refractivity contribution in [2.75, 3.05) is 66.9 Å². The third-order valence-corrected chi connectivity index (χ3v) is 15.7. The Morgan fingerprint density at radius 2 is 1.74 bits per heavy atom. The van der Waals surface area contributed by atoms with Gasteiger partial charge in [0, 0.05) is 64.7 Å². The molecule has 1 atom stereocenters. The molecule has 5 aliphatic rings. The average Bonchev–Trinajstić information content (AvgIpc) is 4.09. The number of aromatic nitrogens is 4. The summed E-state index contributed by atoms with van der Waals surface area (Å²) < 4.78 is 75.8. The van der Waals surface area contributed by atoms with E-state index in [0.717, 1.165) is 12.1 Å². The van der Waals surface area contributed by atoms with Crippen LogP contribution in [-0.2, 0) is 31.6 Å².